The molecule has 0 spiro atoms. The van der Waals surface area contributed by atoms with Gasteiger partial charge in [-0.25, -0.2) is 4.39 Å². The fourth-order valence-electron chi connectivity index (χ4n) is 1.19. The minimum Gasteiger partial charge on any atom is -0.495 e. The summed E-state index contributed by atoms with van der Waals surface area (Å²) >= 11 is 3.28. The lowest BCUT2D eigenvalue weighted by atomic mass is 10.1. The number of methoxy groups -OCH3 is 1. The molecule has 78 valence electrons. The van der Waals surface area contributed by atoms with Crippen LogP contribution < -0.4 is 4.74 Å². The topological polar surface area (TPSA) is 29.5 Å². The van der Waals surface area contributed by atoms with E-state index in [1.54, 1.807) is 6.07 Å². The van der Waals surface area contributed by atoms with Gasteiger partial charge in [0.15, 0.2) is 0 Å². The summed E-state index contributed by atoms with van der Waals surface area (Å²) in [6, 6.07) is 3.03. The summed E-state index contributed by atoms with van der Waals surface area (Å²) in [5.41, 5.74) is 0.590. The van der Waals surface area contributed by atoms with E-state index in [1.807, 2.05) is 0 Å². The summed E-state index contributed by atoms with van der Waals surface area (Å²) in [4.78, 5) is 0. The third kappa shape index (κ3) is 2.69. The number of hydrogen-bond acceptors (Lipinski definition) is 2. The molecule has 0 atom stereocenters. The number of rotatable bonds is 4. The highest BCUT2D eigenvalue weighted by molar-refractivity contribution is 9.10. The molecule has 4 heteroatoms. The highest BCUT2D eigenvalue weighted by Gasteiger charge is 2.07. The van der Waals surface area contributed by atoms with Crippen LogP contribution in [-0.4, -0.2) is 18.8 Å². The van der Waals surface area contributed by atoms with Gasteiger partial charge in [-0.05, 0) is 40.4 Å². The van der Waals surface area contributed by atoms with Crippen LogP contribution in [0.4, 0.5) is 4.39 Å². The lowest BCUT2D eigenvalue weighted by Gasteiger charge is -2.07. The zero-order valence-corrected chi connectivity index (χ0v) is 9.47. The zero-order valence-electron chi connectivity index (χ0n) is 7.89. The third-order valence-corrected chi connectivity index (χ3v) is 2.54. The third-order valence-electron chi connectivity index (χ3n) is 1.93. The molecule has 2 nitrogen and oxygen atoms in total. The van der Waals surface area contributed by atoms with Gasteiger partial charge in [0, 0.05) is 12.7 Å². The number of ether oxygens (including phenoxy) is 1. The van der Waals surface area contributed by atoms with E-state index in [4.69, 9.17) is 9.84 Å². The van der Waals surface area contributed by atoms with Gasteiger partial charge >= 0.3 is 0 Å². The summed E-state index contributed by atoms with van der Waals surface area (Å²) in [6.45, 7) is 0.0725. The number of hydrogen-bond donors (Lipinski definition) is 1. The predicted molar refractivity (Wildman–Crippen MR) is 56.1 cm³/mol. The van der Waals surface area contributed by atoms with Crippen molar-refractivity contribution in [3.8, 4) is 5.75 Å². The smallest absolute Gasteiger partial charge is 0.135 e. The lowest BCUT2D eigenvalue weighted by molar-refractivity contribution is 0.288. The van der Waals surface area contributed by atoms with Gasteiger partial charge in [-0.15, -0.1) is 0 Å². The van der Waals surface area contributed by atoms with Crippen molar-refractivity contribution in [3.05, 3.63) is 28.0 Å². The molecule has 14 heavy (non-hydrogen) atoms. The van der Waals surface area contributed by atoms with E-state index in [9.17, 15) is 4.39 Å². The SMILES string of the molecule is COc1cc(F)c(CCCO)cc1Br. The number of benzene rings is 1. The minimum atomic E-state index is -0.293. The maximum Gasteiger partial charge on any atom is 0.135 e. The second-order valence-corrected chi connectivity index (χ2v) is 3.76. The standard InChI is InChI=1S/C10H12BrFO2/c1-14-10-6-9(12)7(3-2-4-13)5-8(10)11/h5-6,13H,2-4H2,1H3. The quantitative estimate of drug-likeness (QED) is 0.904. The minimum absolute atomic E-state index is 0.0725. The molecule has 0 amide bonds. The van der Waals surface area contributed by atoms with Gasteiger partial charge in [-0.2, -0.15) is 0 Å². The second-order valence-electron chi connectivity index (χ2n) is 2.91. The summed E-state index contributed by atoms with van der Waals surface area (Å²) in [6.07, 6.45) is 1.10. The van der Waals surface area contributed by atoms with Crippen molar-refractivity contribution in [1.29, 1.82) is 0 Å². The Balaban J connectivity index is 2.90. The molecule has 0 saturated heterocycles. The Hall–Kier alpha value is -0.610. The molecule has 1 aromatic carbocycles. The number of aryl methyl sites for hydroxylation is 1. The van der Waals surface area contributed by atoms with Crippen LogP contribution in [-0.2, 0) is 6.42 Å². The van der Waals surface area contributed by atoms with Gasteiger partial charge < -0.3 is 9.84 Å². The van der Waals surface area contributed by atoms with Crippen LogP contribution in [0.2, 0.25) is 0 Å². The van der Waals surface area contributed by atoms with Crippen molar-refractivity contribution >= 4 is 15.9 Å². The summed E-state index contributed by atoms with van der Waals surface area (Å²) in [7, 11) is 1.49. The lowest BCUT2D eigenvalue weighted by Crippen LogP contribution is -1.95. The van der Waals surface area contributed by atoms with E-state index in [2.05, 4.69) is 15.9 Å². The Labute approximate surface area is 90.8 Å². The predicted octanol–water partition coefficient (Wildman–Crippen LogP) is 2.52. The maximum atomic E-state index is 13.4. The molecule has 1 rings (SSSR count). The molecule has 0 aromatic heterocycles. The first-order valence-electron chi connectivity index (χ1n) is 4.31. The Kier molecular flexibility index (Phi) is 4.35. The van der Waals surface area contributed by atoms with E-state index in [1.165, 1.54) is 13.2 Å². The highest BCUT2D eigenvalue weighted by Crippen LogP contribution is 2.28. The molecule has 0 unspecified atom stereocenters. The Morgan fingerprint density at radius 3 is 2.79 bits per heavy atom. The highest BCUT2D eigenvalue weighted by atomic mass is 79.9. The molecular formula is C10H12BrFO2. The van der Waals surface area contributed by atoms with Gasteiger partial charge in [0.2, 0.25) is 0 Å². The molecule has 0 radical (unpaired) electrons. The first-order valence-corrected chi connectivity index (χ1v) is 5.11. The van der Waals surface area contributed by atoms with Crippen LogP contribution in [0.15, 0.2) is 16.6 Å². The zero-order chi connectivity index (χ0) is 10.6. The van der Waals surface area contributed by atoms with Crippen LogP contribution >= 0.6 is 15.9 Å². The van der Waals surface area contributed by atoms with Gasteiger partial charge in [0.25, 0.3) is 0 Å². The van der Waals surface area contributed by atoms with Gasteiger partial charge in [0.05, 0.1) is 11.6 Å². The Bertz CT molecular complexity index is 315. The van der Waals surface area contributed by atoms with Gasteiger partial charge in [-0.3, -0.25) is 0 Å². The number of aliphatic hydroxyl groups excluding tert-OH is 1. The largest absolute Gasteiger partial charge is 0.495 e. The molecule has 1 aromatic rings. The van der Waals surface area contributed by atoms with Crippen LogP contribution in [0.25, 0.3) is 0 Å². The average Bonchev–Trinajstić information content (AvgIpc) is 2.18. The molecule has 0 heterocycles. The summed E-state index contributed by atoms with van der Waals surface area (Å²) in [5.74, 6) is 0.189. The van der Waals surface area contributed by atoms with E-state index < -0.39 is 0 Å². The van der Waals surface area contributed by atoms with E-state index in [0.717, 1.165) is 4.47 Å². The van der Waals surface area contributed by atoms with Crippen molar-refractivity contribution in [2.24, 2.45) is 0 Å². The summed E-state index contributed by atoms with van der Waals surface area (Å²) < 4.78 is 19.0. The van der Waals surface area contributed by atoms with Gasteiger partial charge in [-0.1, -0.05) is 0 Å². The molecule has 0 saturated carbocycles. The van der Waals surface area contributed by atoms with Crippen LogP contribution in [0.1, 0.15) is 12.0 Å². The van der Waals surface area contributed by atoms with Gasteiger partial charge in [0.1, 0.15) is 11.6 Å². The van der Waals surface area contributed by atoms with Crippen LogP contribution in [0, 0.1) is 5.82 Å². The number of halogens is 2. The van der Waals surface area contributed by atoms with Crippen LogP contribution in [0.5, 0.6) is 5.75 Å². The molecule has 0 aliphatic heterocycles. The summed E-state index contributed by atoms with van der Waals surface area (Å²) in [5, 5.41) is 8.63. The second kappa shape index (κ2) is 5.32. The van der Waals surface area contributed by atoms with Crippen molar-refractivity contribution in [2.75, 3.05) is 13.7 Å². The maximum absolute atomic E-state index is 13.4. The molecule has 1 N–H and O–H groups in total. The monoisotopic (exact) mass is 262 g/mol. The molecule has 0 aliphatic carbocycles. The average molecular weight is 263 g/mol. The number of aliphatic hydroxyl groups is 1. The van der Waals surface area contributed by atoms with Crippen molar-refractivity contribution in [3.63, 3.8) is 0 Å². The van der Waals surface area contributed by atoms with Crippen molar-refractivity contribution in [1.82, 2.24) is 0 Å². The van der Waals surface area contributed by atoms with Crippen LogP contribution in [0.3, 0.4) is 0 Å². The first-order chi connectivity index (χ1) is 6.69. The van der Waals surface area contributed by atoms with Crippen molar-refractivity contribution in [2.45, 2.75) is 12.8 Å². The molecule has 0 aliphatic rings. The fourth-order valence-corrected chi connectivity index (χ4v) is 1.74. The molecule has 0 bridgehead atoms. The first kappa shape index (κ1) is 11.5. The normalized spacial score (nSPS) is 10.3. The van der Waals surface area contributed by atoms with E-state index in [0.29, 0.717) is 24.2 Å². The van der Waals surface area contributed by atoms with E-state index >= 15 is 0 Å². The molecule has 0 fully saturated rings. The van der Waals surface area contributed by atoms with Crippen molar-refractivity contribution < 1.29 is 14.2 Å². The fraction of sp³-hybridized carbons (Fsp3) is 0.400. The Morgan fingerprint density at radius 1 is 1.50 bits per heavy atom. The van der Waals surface area contributed by atoms with E-state index in [-0.39, 0.29) is 12.4 Å². The Morgan fingerprint density at radius 2 is 2.21 bits per heavy atom. The molecular weight excluding hydrogens is 251 g/mol.